The standard InChI is InChI=1S/C13H26N2S/c1-11-13(7-5-9-16-11)15-8-4-3-6-12(15)10-14-2/h11-14H,3-10H2,1-2H3. The Hall–Kier alpha value is 0.270. The zero-order chi connectivity index (χ0) is 11.4. The fourth-order valence-corrected chi connectivity index (χ4v) is 4.48. The molecule has 3 atom stereocenters. The summed E-state index contributed by atoms with van der Waals surface area (Å²) < 4.78 is 0. The van der Waals surface area contributed by atoms with E-state index in [0.717, 1.165) is 17.3 Å². The van der Waals surface area contributed by atoms with Crippen LogP contribution >= 0.6 is 11.8 Å². The molecule has 2 aliphatic rings. The van der Waals surface area contributed by atoms with Crippen molar-refractivity contribution in [1.82, 2.24) is 10.2 Å². The van der Waals surface area contributed by atoms with Crippen molar-refractivity contribution >= 4 is 11.8 Å². The molecule has 94 valence electrons. The van der Waals surface area contributed by atoms with Crippen LogP contribution in [0.4, 0.5) is 0 Å². The Morgan fingerprint density at radius 3 is 2.88 bits per heavy atom. The van der Waals surface area contributed by atoms with Crippen molar-refractivity contribution in [3.05, 3.63) is 0 Å². The third kappa shape index (κ3) is 2.93. The Bertz CT molecular complexity index is 208. The van der Waals surface area contributed by atoms with Crippen LogP contribution < -0.4 is 5.32 Å². The molecule has 0 bridgehead atoms. The molecule has 2 aliphatic heterocycles. The number of rotatable bonds is 3. The number of likely N-dealkylation sites (tertiary alicyclic amines) is 1. The summed E-state index contributed by atoms with van der Waals surface area (Å²) in [7, 11) is 2.09. The Morgan fingerprint density at radius 2 is 2.12 bits per heavy atom. The molecule has 0 radical (unpaired) electrons. The Morgan fingerprint density at radius 1 is 1.25 bits per heavy atom. The first kappa shape index (κ1) is 12.7. The van der Waals surface area contributed by atoms with Crippen molar-refractivity contribution in [1.29, 1.82) is 0 Å². The van der Waals surface area contributed by atoms with Crippen LogP contribution in [0.3, 0.4) is 0 Å². The average Bonchev–Trinajstić information content (AvgIpc) is 2.31. The maximum absolute atomic E-state index is 3.37. The number of piperidine rings is 1. The normalized spacial score (nSPS) is 37.5. The van der Waals surface area contributed by atoms with Crippen LogP contribution in [0, 0.1) is 0 Å². The number of likely N-dealkylation sites (N-methyl/N-ethyl adjacent to an activating group) is 1. The second-order valence-electron chi connectivity index (χ2n) is 5.23. The molecular formula is C13H26N2S. The van der Waals surface area contributed by atoms with Crippen molar-refractivity contribution in [2.45, 2.75) is 56.4 Å². The van der Waals surface area contributed by atoms with Gasteiger partial charge in [0.2, 0.25) is 0 Å². The first-order chi connectivity index (χ1) is 7.83. The Balaban J connectivity index is 1.97. The van der Waals surface area contributed by atoms with Crippen LogP contribution in [0.15, 0.2) is 0 Å². The number of nitrogens with one attached hydrogen (secondary N) is 1. The second kappa shape index (κ2) is 6.27. The predicted molar refractivity (Wildman–Crippen MR) is 73.2 cm³/mol. The van der Waals surface area contributed by atoms with Gasteiger partial charge in [0.25, 0.3) is 0 Å². The van der Waals surface area contributed by atoms with Crippen molar-refractivity contribution in [3.8, 4) is 0 Å². The van der Waals surface area contributed by atoms with Gasteiger partial charge in [-0.25, -0.2) is 0 Å². The van der Waals surface area contributed by atoms with E-state index in [2.05, 4.69) is 35.9 Å². The minimum atomic E-state index is 0.796. The van der Waals surface area contributed by atoms with Gasteiger partial charge in [0.05, 0.1) is 0 Å². The first-order valence-corrected chi connectivity index (χ1v) is 7.89. The number of hydrogen-bond donors (Lipinski definition) is 1. The summed E-state index contributed by atoms with van der Waals surface area (Å²) in [6.07, 6.45) is 7.08. The van der Waals surface area contributed by atoms with E-state index in [1.165, 1.54) is 50.9 Å². The van der Waals surface area contributed by atoms with Crippen LogP contribution in [0.2, 0.25) is 0 Å². The van der Waals surface area contributed by atoms with E-state index in [9.17, 15) is 0 Å². The maximum atomic E-state index is 3.37. The summed E-state index contributed by atoms with van der Waals surface area (Å²) >= 11 is 2.18. The highest BCUT2D eigenvalue weighted by atomic mass is 32.2. The second-order valence-corrected chi connectivity index (χ2v) is 6.72. The lowest BCUT2D eigenvalue weighted by atomic mass is 9.96. The van der Waals surface area contributed by atoms with Gasteiger partial charge < -0.3 is 5.32 Å². The molecule has 0 amide bonds. The quantitative estimate of drug-likeness (QED) is 0.818. The molecule has 1 N–H and O–H groups in total. The van der Waals surface area contributed by atoms with E-state index in [0.29, 0.717) is 0 Å². The summed E-state index contributed by atoms with van der Waals surface area (Å²) in [4.78, 5) is 2.82. The van der Waals surface area contributed by atoms with Crippen LogP contribution in [-0.4, -0.2) is 48.1 Å². The zero-order valence-corrected chi connectivity index (χ0v) is 11.6. The minimum Gasteiger partial charge on any atom is -0.318 e. The fourth-order valence-electron chi connectivity index (χ4n) is 3.26. The fraction of sp³-hybridized carbons (Fsp3) is 1.00. The molecule has 3 unspecified atom stereocenters. The highest BCUT2D eigenvalue weighted by Crippen LogP contribution is 2.32. The molecule has 0 aromatic heterocycles. The average molecular weight is 242 g/mol. The predicted octanol–water partition coefficient (Wildman–Crippen LogP) is 2.34. The van der Waals surface area contributed by atoms with E-state index < -0.39 is 0 Å². The zero-order valence-electron chi connectivity index (χ0n) is 10.7. The summed E-state index contributed by atoms with van der Waals surface area (Å²) in [6, 6.07) is 1.64. The number of thioether (sulfide) groups is 1. The van der Waals surface area contributed by atoms with Crippen molar-refractivity contribution in [2.24, 2.45) is 0 Å². The topological polar surface area (TPSA) is 15.3 Å². The lowest BCUT2D eigenvalue weighted by Crippen LogP contribution is -2.53. The molecule has 2 fully saturated rings. The molecule has 0 saturated carbocycles. The highest BCUT2D eigenvalue weighted by molar-refractivity contribution is 7.99. The number of hydrogen-bond acceptors (Lipinski definition) is 3. The monoisotopic (exact) mass is 242 g/mol. The molecule has 0 aromatic rings. The Labute approximate surface area is 105 Å². The third-order valence-electron chi connectivity index (χ3n) is 4.11. The van der Waals surface area contributed by atoms with Crippen LogP contribution in [-0.2, 0) is 0 Å². The van der Waals surface area contributed by atoms with Crippen molar-refractivity contribution in [2.75, 3.05) is 25.9 Å². The summed E-state index contributed by atoms with van der Waals surface area (Å²) in [6.45, 7) is 4.94. The van der Waals surface area contributed by atoms with E-state index >= 15 is 0 Å². The van der Waals surface area contributed by atoms with Crippen LogP contribution in [0.1, 0.15) is 39.0 Å². The molecule has 2 saturated heterocycles. The minimum absolute atomic E-state index is 0.796. The largest absolute Gasteiger partial charge is 0.318 e. The molecule has 0 spiro atoms. The molecule has 2 rings (SSSR count). The van der Waals surface area contributed by atoms with E-state index in [1.807, 2.05) is 0 Å². The Kier molecular flexibility index (Phi) is 4.98. The van der Waals surface area contributed by atoms with Gasteiger partial charge in [0.15, 0.2) is 0 Å². The molecule has 2 nitrogen and oxygen atoms in total. The molecule has 0 aliphatic carbocycles. The third-order valence-corrected chi connectivity index (χ3v) is 5.47. The summed E-state index contributed by atoms with van der Waals surface area (Å²) in [5.41, 5.74) is 0. The van der Waals surface area contributed by atoms with E-state index in [4.69, 9.17) is 0 Å². The summed E-state index contributed by atoms with van der Waals surface area (Å²) in [5.74, 6) is 1.38. The lowest BCUT2D eigenvalue weighted by Gasteiger charge is -2.45. The SMILES string of the molecule is CNCC1CCCCN1C1CCCSC1C. The van der Waals surface area contributed by atoms with Crippen LogP contribution in [0.5, 0.6) is 0 Å². The van der Waals surface area contributed by atoms with Gasteiger partial charge in [-0.05, 0) is 45.0 Å². The highest BCUT2D eigenvalue weighted by Gasteiger charge is 2.33. The van der Waals surface area contributed by atoms with Gasteiger partial charge >= 0.3 is 0 Å². The number of nitrogens with zero attached hydrogens (tertiary/aromatic N) is 1. The van der Waals surface area contributed by atoms with Gasteiger partial charge in [-0.2, -0.15) is 11.8 Å². The lowest BCUT2D eigenvalue weighted by molar-refractivity contribution is 0.0878. The molecule has 16 heavy (non-hydrogen) atoms. The van der Waals surface area contributed by atoms with Gasteiger partial charge in [-0.15, -0.1) is 0 Å². The molecule has 0 aromatic carbocycles. The van der Waals surface area contributed by atoms with E-state index in [-0.39, 0.29) is 0 Å². The summed E-state index contributed by atoms with van der Waals surface area (Å²) in [5, 5.41) is 4.21. The maximum Gasteiger partial charge on any atom is 0.0223 e. The van der Waals surface area contributed by atoms with Gasteiger partial charge in [-0.3, -0.25) is 4.90 Å². The van der Waals surface area contributed by atoms with Crippen molar-refractivity contribution in [3.63, 3.8) is 0 Å². The van der Waals surface area contributed by atoms with Gasteiger partial charge in [0, 0.05) is 23.9 Å². The van der Waals surface area contributed by atoms with Gasteiger partial charge in [-0.1, -0.05) is 13.3 Å². The molecule has 2 heterocycles. The van der Waals surface area contributed by atoms with Crippen LogP contribution in [0.25, 0.3) is 0 Å². The van der Waals surface area contributed by atoms with Crippen molar-refractivity contribution < 1.29 is 0 Å². The molecule has 3 heteroatoms. The molecular weight excluding hydrogens is 216 g/mol. The smallest absolute Gasteiger partial charge is 0.0223 e. The first-order valence-electron chi connectivity index (χ1n) is 6.85. The van der Waals surface area contributed by atoms with E-state index in [1.54, 1.807) is 0 Å². The van der Waals surface area contributed by atoms with Gasteiger partial charge in [0.1, 0.15) is 0 Å².